The molecule has 1 aliphatic heterocycles. The third-order valence-corrected chi connectivity index (χ3v) is 7.83. The van der Waals surface area contributed by atoms with E-state index in [1.807, 2.05) is 103 Å². The summed E-state index contributed by atoms with van der Waals surface area (Å²) in [5.74, 6) is 0.226. The number of hydrogen-bond donors (Lipinski definition) is 3. The Morgan fingerprint density at radius 1 is 0.784 bits per heavy atom. The van der Waals surface area contributed by atoms with Gasteiger partial charge in [-0.25, -0.2) is 0 Å². The highest BCUT2D eigenvalue weighted by Gasteiger charge is 2.66. The molecule has 1 saturated heterocycles. The van der Waals surface area contributed by atoms with E-state index in [-0.39, 0.29) is 35.6 Å². The molecule has 4 aromatic carbocycles. The van der Waals surface area contributed by atoms with Crippen LogP contribution in [0.15, 0.2) is 115 Å². The second-order valence-corrected chi connectivity index (χ2v) is 10.0. The number of carbonyl (C=O) groups excluding carboxylic acids is 2. The maximum atomic E-state index is 14.2. The minimum absolute atomic E-state index is 0.102. The molecule has 1 aliphatic carbocycles. The lowest BCUT2D eigenvalue weighted by Gasteiger charge is -2.40. The van der Waals surface area contributed by atoms with Crippen LogP contribution in [0.4, 0.5) is 5.69 Å². The number of benzene rings is 4. The molecule has 1 amide bonds. The van der Waals surface area contributed by atoms with Gasteiger partial charge >= 0.3 is 0 Å². The molecule has 0 radical (unpaired) electrons. The van der Waals surface area contributed by atoms with Crippen molar-refractivity contribution in [2.75, 3.05) is 5.32 Å². The zero-order chi connectivity index (χ0) is 25.4. The molecule has 1 saturated carbocycles. The van der Waals surface area contributed by atoms with Gasteiger partial charge in [0, 0.05) is 23.1 Å². The summed E-state index contributed by atoms with van der Waals surface area (Å²) in [4.78, 5) is 26.6. The average molecular weight is 488 g/mol. The maximum Gasteiger partial charge on any atom is 0.255 e. The van der Waals surface area contributed by atoms with Crippen molar-refractivity contribution in [2.45, 2.75) is 18.1 Å². The third kappa shape index (κ3) is 4.16. The minimum Gasteiger partial charge on any atom is -0.322 e. The van der Waals surface area contributed by atoms with Crippen molar-refractivity contribution in [3.63, 3.8) is 0 Å². The largest absolute Gasteiger partial charge is 0.322 e. The standard InChI is InChI=1S/C32H29N3O2/c33-30-28-26(20-21-16-18-25(19-17-21)34-31(37)22-10-4-1-5-11-22)27(28)29(36)32(35-30,23-12-6-2-7-13-23)24-14-8-3-9-15-24/h1-19,26-28,30,35H,20,33H2,(H,34,37)/t26?,27?,28?,30-/m1/s1. The Bertz CT molecular complexity index is 1370. The Kier molecular flexibility index (Phi) is 5.95. The van der Waals surface area contributed by atoms with E-state index in [0.717, 1.165) is 28.8 Å². The van der Waals surface area contributed by atoms with Gasteiger partial charge in [-0.3, -0.25) is 14.9 Å². The van der Waals surface area contributed by atoms with Crippen LogP contribution in [-0.4, -0.2) is 17.9 Å². The van der Waals surface area contributed by atoms with Crippen LogP contribution in [0.25, 0.3) is 0 Å². The Labute approximate surface area is 216 Å². The number of carbonyl (C=O) groups is 2. The van der Waals surface area contributed by atoms with Crippen molar-refractivity contribution >= 4 is 17.4 Å². The number of ketones is 1. The van der Waals surface area contributed by atoms with Gasteiger partial charge in [0.2, 0.25) is 0 Å². The summed E-state index contributed by atoms with van der Waals surface area (Å²) in [6.07, 6.45) is 0.473. The van der Waals surface area contributed by atoms with Crippen LogP contribution in [0.5, 0.6) is 0 Å². The highest BCUT2D eigenvalue weighted by Crippen LogP contribution is 2.57. The van der Waals surface area contributed by atoms with Gasteiger partial charge in [-0.1, -0.05) is 91.0 Å². The number of anilines is 1. The van der Waals surface area contributed by atoms with Crippen LogP contribution in [0, 0.1) is 17.8 Å². The van der Waals surface area contributed by atoms with Crippen molar-refractivity contribution in [1.82, 2.24) is 5.32 Å². The van der Waals surface area contributed by atoms with Crippen molar-refractivity contribution in [3.8, 4) is 0 Å². The molecule has 184 valence electrons. The monoisotopic (exact) mass is 487 g/mol. The molecule has 5 heteroatoms. The van der Waals surface area contributed by atoms with E-state index < -0.39 is 5.54 Å². The first-order valence-electron chi connectivity index (χ1n) is 12.7. The topological polar surface area (TPSA) is 84.2 Å². The van der Waals surface area contributed by atoms with Gasteiger partial charge in [0.25, 0.3) is 5.91 Å². The van der Waals surface area contributed by atoms with E-state index in [9.17, 15) is 9.59 Å². The number of nitrogens with two attached hydrogens (primary N) is 1. The second kappa shape index (κ2) is 9.43. The highest BCUT2D eigenvalue weighted by molar-refractivity contribution is 6.04. The van der Waals surface area contributed by atoms with Crippen molar-refractivity contribution in [1.29, 1.82) is 0 Å². The van der Waals surface area contributed by atoms with Gasteiger partial charge in [0.1, 0.15) is 5.54 Å². The quantitative estimate of drug-likeness (QED) is 0.367. The SMILES string of the molecule is N[C@@H]1NC(c2ccccc2)(c2ccccc2)C(=O)C2C(Cc3ccc(NC(=O)c4ccccc4)cc3)C21. The van der Waals surface area contributed by atoms with Gasteiger partial charge in [-0.05, 0) is 53.3 Å². The second-order valence-electron chi connectivity index (χ2n) is 10.0. The van der Waals surface area contributed by atoms with Crippen LogP contribution in [-0.2, 0) is 16.8 Å². The van der Waals surface area contributed by atoms with Gasteiger partial charge in [-0.2, -0.15) is 0 Å². The Balaban J connectivity index is 1.21. The van der Waals surface area contributed by atoms with Crippen LogP contribution in [0.3, 0.4) is 0 Å². The van der Waals surface area contributed by atoms with Crippen LogP contribution in [0.1, 0.15) is 27.0 Å². The number of nitrogens with one attached hydrogen (secondary N) is 2. The maximum absolute atomic E-state index is 14.2. The molecule has 1 heterocycles. The summed E-state index contributed by atoms with van der Waals surface area (Å²) in [5.41, 5.74) is 10.1. The summed E-state index contributed by atoms with van der Waals surface area (Å²) in [7, 11) is 0. The number of hydrogen-bond acceptors (Lipinski definition) is 4. The van der Waals surface area contributed by atoms with Gasteiger partial charge in [-0.15, -0.1) is 0 Å². The fourth-order valence-corrected chi connectivity index (χ4v) is 5.97. The molecule has 2 aliphatic rings. The predicted molar refractivity (Wildman–Crippen MR) is 145 cm³/mol. The van der Waals surface area contributed by atoms with Crippen LogP contribution in [0.2, 0.25) is 0 Å². The molecule has 0 aromatic heterocycles. The summed E-state index contributed by atoms with van der Waals surface area (Å²) in [5, 5.41) is 6.49. The number of fused-ring (bicyclic) bond motifs is 1. The molecule has 4 N–H and O–H groups in total. The zero-order valence-corrected chi connectivity index (χ0v) is 20.4. The van der Waals surface area contributed by atoms with Crippen LogP contribution < -0.4 is 16.4 Å². The number of Topliss-reactive ketones (excluding diaryl/α,β-unsaturated/α-hetero) is 1. The molecule has 37 heavy (non-hydrogen) atoms. The molecule has 4 aromatic rings. The normalized spacial score (nSPS) is 23.6. The molecular formula is C32H29N3O2. The summed E-state index contributed by atoms with van der Waals surface area (Å²) in [6, 6.07) is 36.9. The molecule has 4 atom stereocenters. The number of amides is 1. The first-order chi connectivity index (χ1) is 18.1. The Morgan fingerprint density at radius 3 is 1.89 bits per heavy atom. The average Bonchev–Trinajstić information content (AvgIpc) is 3.68. The molecule has 0 spiro atoms. The van der Waals surface area contributed by atoms with E-state index in [1.54, 1.807) is 12.1 Å². The lowest BCUT2D eigenvalue weighted by Crippen LogP contribution is -2.61. The smallest absolute Gasteiger partial charge is 0.255 e. The van der Waals surface area contributed by atoms with E-state index in [4.69, 9.17) is 5.73 Å². The Hall–Kier alpha value is -4.06. The van der Waals surface area contributed by atoms with E-state index in [0.29, 0.717) is 5.56 Å². The zero-order valence-electron chi connectivity index (χ0n) is 20.4. The van der Waals surface area contributed by atoms with E-state index in [1.165, 1.54) is 0 Å². The lowest BCUT2D eigenvalue weighted by atomic mass is 9.75. The molecule has 3 unspecified atom stereocenters. The Morgan fingerprint density at radius 2 is 1.32 bits per heavy atom. The van der Waals surface area contributed by atoms with Crippen molar-refractivity contribution in [3.05, 3.63) is 138 Å². The first-order valence-corrected chi connectivity index (χ1v) is 12.7. The van der Waals surface area contributed by atoms with Crippen molar-refractivity contribution in [2.24, 2.45) is 23.5 Å². The first kappa shape index (κ1) is 23.3. The molecule has 0 bridgehead atoms. The van der Waals surface area contributed by atoms with Crippen LogP contribution >= 0.6 is 0 Å². The fourth-order valence-electron chi connectivity index (χ4n) is 5.97. The van der Waals surface area contributed by atoms with Gasteiger partial charge in [0.15, 0.2) is 5.78 Å². The fraction of sp³-hybridized carbons (Fsp3) is 0.188. The molecule has 2 fully saturated rings. The summed E-state index contributed by atoms with van der Waals surface area (Å²) < 4.78 is 0. The molecular weight excluding hydrogens is 458 g/mol. The summed E-state index contributed by atoms with van der Waals surface area (Å²) >= 11 is 0. The van der Waals surface area contributed by atoms with Gasteiger partial charge < -0.3 is 11.1 Å². The minimum atomic E-state index is -0.955. The predicted octanol–water partition coefficient (Wildman–Crippen LogP) is 4.74. The van der Waals surface area contributed by atoms with Gasteiger partial charge in [0.05, 0.1) is 6.17 Å². The van der Waals surface area contributed by atoms with Crippen molar-refractivity contribution < 1.29 is 9.59 Å². The molecule has 6 rings (SSSR count). The third-order valence-electron chi connectivity index (χ3n) is 7.83. The lowest BCUT2D eigenvalue weighted by molar-refractivity contribution is -0.128. The van der Waals surface area contributed by atoms with E-state index in [2.05, 4.69) is 10.6 Å². The molecule has 5 nitrogen and oxygen atoms in total. The number of piperidine rings is 1. The number of rotatable bonds is 6. The van der Waals surface area contributed by atoms with E-state index >= 15 is 0 Å². The highest BCUT2D eigenvalue weighted by atomic mass is 16.1. The summed E-state index contributed by atoms with van der Waals surface area (Å²) in [6.45, 7) is 0.